The Kier molecular flexibility index (Phi) is 9.00. The number of piperidine rings is 1. The van der Waals surface area contributed by atoms with Gasteiger partial charge in [0, 0.05) is 40.9 Å². The lowest BCUT2D eigenvalue weighted by molar-refractivity contribution is -0.129. The van der Waals surface area contributed by atoms with Crippen molar-refractivity contribution in [2.45, 2.75) is 30.6 Å². The minimum atomic E-state index is -0.530. The molecule has 1 saturated heterocycles. The lowest BCUT2D eigenvalue weighted by Crippen LogP contribution is -2.38. The molecule has 2 aromatic heterocycles. The van der Waals surface area contributed by atoms with Crippen molar-refractivity contribution in [1.29, 1.82) is 0 Å². The van der Waals surface area contributed by atoms with Crippen LogP contribution in [0.25, 0.3) is 22.7 Å². The molecular weight excluding hydrogens is 591 g/mol. The van der Waals surface area contributed by atoms with Crippen LogP contribution in [0.15, 0.2) is 57.3 Å². The van der Waals surface area contributed by atoms with Crippen molar-refractivity contribution in [3.63, 3.8) is 0 Å². The van der Waals surface area contributed by atoms with E-state index in [2.05, 4.69) is 5.16 Å². The quantitative estimate of drug-likeness (QED) is 0.206. The number of benzene rings is 2. The number of nitrogens with two attached hydrogens (primary N) is 1. The summed E-state index contributed by atoms with van der Waals surface area (Å²) in [6.45, 7) is 3.68. The summed E-state index contributed by atoms with van der Waals surface area (Å²) in [5, 5.41) is 8.08. The third kappa shape index (κ3) is 6.46. The number of amides is 2. The van der Waals surface area contributed by atoms with Crippen molar-refractivity contribution < 1.29 is 18.8 Å². The van der Waals surface area contributed by atoms with Crippen molar-refractivity contribution in [2.75, 3.05) is 25.4 Å². The summed E-state index contributed by atoms with van der Waals surface area (Å²) in [5.74, 6) is 1.19. The molecule has 0 unspecified atom stereocenters. The molecule has 40 heavy (non-hydrogen) atoms. The Bertz CT molecular complexity index is 1530. The molecule has 8 nitrogen and oxygen atoms in total. The third-order valence-corrected chi connectivity index (χ3v) is 9.36. The molecule has 5 rings (SSSR count). The van der Waals surface area contributed by atoms with Crippen molar-refractivity contribution in [3.05, 3.63) is 68.5 Å². The van der Waals surface area contributed by atoms with E-state index in [1.807, 2.05) is 29.3 Å². The molecule has 2 amide bonds. The van der Waals surface area contributed by atoms with Gasteiger partial charge in [-0.1, -0.05) is 34.4 Å². The van der Waals surface area contributed by atoms with E-state index in [1.54, 1.807) is 41.7 Å². The SMILES string of the molecule is CCOc1ccc(C(N)=O)c(SCC(=O)N2CCC(c3nc(-c4cc(-c5ccc(Cl)c(Cl)c5)no4)cs3)CC2)c1. The molecule has 0 radical (unpaired) electrons. The van der Waals surface area contributed by atoms with Crippen LogP contribution in [0, 0.1) is 0 Å². The number of thiazole rings is 1. The Hall–Kier alpha value is -3.05. The summed E-state index contributed by atoms with van der Waals surface area (Å²) in [4.78, 5) is 32.1. The molecule has 4 aromatic rings. The smallest absolute Gasteiger partial charge is 0.249 e. The fraction of sp³-hybridized carbons (Fsp3) is 0.286. The van der Waals surface area contributed by atoms with Crippen LogP contribution < -0.4 is 10.5 Å². The highest BCUT2D eigenvalue weighted by atomic mass is 35.5. The fourth-order valence-corrected chi connectivity index (χ4v) is 6.73. The number of nitrogens with zero attached hydrogens (tertiary/aromatic N) is 3. The van der Waals surface area contributed by atoms with E-state index in [9.17, 15) is 9.59 Å². The molecule has 2 aromatic carbocycles. The average Bonchev–Trinajstić information content (AvgIpc) is 3.64. The van der Waals surface area contributed by atoms with Crippen LogP contribution in [-0.2, 0) is 4.79 Å². The predicted octanol–water partition coefficient (Wildman–Crippen LogP) is 6.77. The van der Waals surface area contributed by atoms with Crippen LogP contribution >= 0.6 is 46.3 Å². The Labute approximate surface area is 249 Å². The van der Waals surface area contributed by atoms with E-state index in [4.69, 9.17) is 43.2 Å². The van der Waals surface area contributed by atoms with Crippen molar-refractivity contribution in [1.82, 2.24) is 15.0 Å². The number of carbonyl (C=O) groups is 2. The van der Waals surface area contributed by atoms with Gasteiger partial charge in [0.05, 0.1) is 33.0 Å². The minimum absolute atomic E-state index is 0.0250. The van der Waals surface area contributed by atoms with Gasteiger partial charge >= 0.3 is 0 Å². The molecular formula is C28H26Cl2N4O4S2. The number of thioether (sulfide) groups is 1. The Morgan fingerprint density at radius 1 is 1.12 bits per heavy atom. The maximum Gasteiger partial charge on any atom is 0.249 e. The predicted molar refractivity (Wildman–Crippen MR) is 158 cm³/mol. The molecule has 12 heteroatoms. The van der Waals surface area contributed by atoms with Gasteiger partial charge in [-0.3, -0.25) is 9.59 Å². The minimum Gasteiger partial charge on any atom is -0.494 e. The molecule has 1 fully saturated rings. The highest BCUT2D eigenvalue weighted by Crippen LogP contribution is 2.35. The first kappa shape index (κ1) is 28.5. The lowest BCUT2D eigenvalue weighted by Gasteiger charge is -2.31. The maximum absolute atomic E-state index is 13.0. The number of carbonyl (C=O) groups excluding carboxylic acids is 2. The zero-order chi connectivity index (χ0) is 28.2. The summed E-state index contributed by atoms with van der Waals surface area (Å²) >= 11 is 15.0. The Morgan fingerprint density at radius 3 is 2.65 bits per heavy atom. The summed E-state index contributed by atoms with van der Waals surface area (Å²) < 4.78 is 11.1. The van der Waals surface area contributed by atoms with Crippen LogP contribution in [0.5, 0.6) is 5.75 Å². The zero-order valence-electron chi connectivity index (χ0n) is 21.6. The van der Waals surface area contributed by atoms with Gasteiger partial charge in [0.2, 0.25) is 11.8 Å². The number of halogens is 2. The molecule has 3 heterocycles. The van der Waals surface area contributed by atoms with Gasteiger partial charge in [0.1, 0.15) is 17.1 Å². The van der Waals surface area contributed by atoms with Crippen molar-refractivity contribution in [2.24, 2.45) is 5.73 Å². The van der Waals surface area contributed by atoms with Crippen LogP contribution in [0.2, 0.25) is 10.0 Å². The van der Waals surface area contributed by atoms with Crippen molar-refractivity contribution >= 4 is 58.1 Å². The standard InChI is InChI=1S/C28H26Cl2N4O4S2/c1-2-37-18-4-5-19(27(31)36)25(12-18)39-15-26(35)34-9-7-16(8-10-34)28-32-23(14-40-28)24-13-22(33-38-24)17-3-6-20(29)21(30)11-17/h3-6,11-14,16H,2,7-10,15H2,1H3,(H2,31,36). The van der Waals surface area contributed by atoms with Crippen molar-refractivity contribution in [3.8, 4) is 28.5 Å². The summed E-state index contributed by atoms with van der Waals surface area (Å²) in [7, 11) is 0. The number of rotatable bonds is 9. The summed E-state index contributed by atoms with van der Waals surface area (Å²) in [5.41, 5.74) is 8.10. The number of likely N-dealkylation sites (tertiary alicyclic amines) is 1. The first-order valence-corrected chi connectivity index (χ1v) is 15.3. The van der Waals surface area contributed by atoms with Gasteiger partial charge in [0.25, 0.3) is 0 Å². The molecule has 208 valence electrons. The van der Waals surface area contributed by atoms with Gasteiger partial charge in [-0.2, -0.15) is 0 Å². The van der Waals surface area contributed by atoms with E-state index >= 15 is 0 Å². The van der Waals surface area contributed by atoms with Crippen LogP contribution in [0.3, 0.4) is 0 Å². The normalized spacial score (nSPS) is 13.9. The number of ether oxygens (including phenoxy) is 1. The van der Waals surface area contributed by atoms with Gasteiger partial charge in [-0.05, 0) is 50.1 Å². The molecule has 0 bridgehead atoms. The molecule has 0 atom stereocenters. The van der Waals surface area contributed by atoms with Gasteiger partial charge in [-0.25, -0.2) is 4.98 Å². The number of hydrogen-bond acceptors (Lipinski definition) is 8. The van der Waals surface area contributed by atoms with E-state index in [0.717, 1.165) is 29.1 Å². The van der Waals surface area contributed by atoms with E-state index < -0.39 is 5.91 Å². The van der Waals surface area contributed by atoms with E-state index in [-0.39, 0.29) is 17.6 Å². The molecule has 0 saturated carbocycles. The number of hydrogen-bond donors (Lipinski definition) is 1. The molecule has 1 aliphatic rings. The topological polar surface area (TPSA) is 112 Å². The van der Waals surface area contributed by atoms with Crippen LogP contribution in [-0.4, -0.2) is 52.3 Å². The van der Waals surface area contributed by atoms with E-state index in [1.165, 1.54) is 11.8 Å². The zero-order valence-corrected chi connectivity index (χ0v) is 24.7. The van der Waals surface area contributed by atoms with E-state index in [0.29, 0.717) is 57.4 Å². The van der Waals surface area contributed by atoms with Gasteiger partial charge in [-0.15, -0.1) is 23.1 Å². The second kappa shape index (κ2) is 12.6. The third-order valence-electron chi connectivity index (χ3n) is 6.58. The largest absolute Gasteiger partial charge is 0.494 e. The van der Waals surface area contributed by atoms with Crippen LogP contribution in [0.4, 0.5) is 0 Å². The number of aromatic nitrogens is 2. The lowest BCUT2D eigenvalue weighted by atomic mass is 9.97. The highest BCUT2D eigenvalue weighted by molar-refractivity contribution is 8.00. The highest BCUT2D eigenvalue weighted by Gasteiger charge is 2.26. The second-order valence-electron chi connectivity index (χ2n) is 9.18. The molecule has 2 N–H and O–H groups in total. The molecule has 1 aliphatic heterocycles. The molecule has 0 spiro atoms. The van der Waals surface area contributed by atoms with Crippen LogP contribution in [0.1, 0.15) is 41.0 Å². The number of primary amides is 1. The van der Waals surface area contributed by atoms with Gasteiger partial charge in [0.15, 0.2) is 5.76 Å². The summed E-state index contributed by atoms with van der Waals surface area (Å²) in [6.07, 6.45) is 1.64. The Balaban J connectivity index is 1.17. The molecule has 0 aliphatic carbocycles. The first-order chi connectivity index (χ1) is 19.3. The Morgan fingerprint density at radius 2 is 1.93 bits per heavy atom. The average molecular weight is 618 g/mol. The fourth-order valence-electron chi connectivity index (χ4n) is 4.46. The van der Waals surface area contributed by atoms with Gasteiger partial charge < -0.3 is 19.9 Å². The maximum atomic E-state index is 13.0. The monoisotopic (exact) mass is 616 g/mol. The second-order valence-corrected chi connectivity index (χ2v) is 11.9. The summed E-state index contributed by atoms with van der Waals surface area (Å²) in [6, 6.07) is 12.3. The first-order valence-electron chi connectivity index (χ1n) is 12.7.